The van der Waals surface area contributed by atoms with E-state index in [2.05, 4.69) is 10.1 Å². The number of aromatic amines is 1. The maximum absolute atomic E-state index is 11.6. The first-order valence-electron chi connectivity index (χ1n) is 5.41. The van der Waals surface area contributed by atoms with Gasteiger partial charge in [-0.2, -0.15) is 0 Å². The molecule has 1 saturated carbocycles. The number of fused-ring (bicyclic) bond motifs is 1. The second-order valence-electron chi connectivity index (χ2n) is 4.37. The molecule has 88 valence electrons. The fourth-order valence-electron chi connectivity index (χ4n) is 2.04. The summed E-state index contributed by atoms with van der Waals surface area (Å²) >= 11 is 0. The number of pyridine rings is 1. The lowest BCUT2D eigenvalue weighted by Gasteiger charge is -2.02. The van der Waals surface area contributed by atoms with E-state index in [4.69, 9.17) is 5.11 Å². The van der Waals surface area contributed by atoms with Crippen molar-refractivity contribution >= 4 is 17.0 Å². The number of carbonyl (C=O) groups is 1. The highest BCUT2D eigenvalue weighted by molar-refractivity contribution is 6.01. The highest BCUT2D eigenvalue weighted by atomic mass is 16.4. The van der Waals surface area contributed by atoms with Gasteiger partial charge >= 0.3 is 5.97 Å². The van der Waals surface area contributed by atoms with Gasteiger partial charge in [-0.3, -0.25) is 14.6 Å². The second kappa shape index (κ2) is 3.19. The predicted molar refractivity (Wildman–Crippen MR) is 60.3 cm³/mol. The molecule has 0 amide bonds. The summed E-state index contributed by atoms with van der Waals surface area (Å²) < 4.78 is 1.47. The molecule has 0 atom stereocenters. The summed E-state index contributed by atoms with van der Waals surface area (Å²) in [6, 6.07) is 1.53. The minimum absolute atomic E-state index is 0.0405. The molecular formula is C11H11N3O3. The fourth-order valence-corrected chi connectivity index (χ4v) is 2.04. The van der Waals surface area contributed by atoms with Gasteiger partial charge in [0.05, 0.1) is 10.9 Å². The third-order valence-corrected chi connectivity index (χ3v) is 3.06. The van der Waals surface area contributed by atoms with Gasteiger partial charge in [0.15, 0.2) is 5.65 Å². The first-order valence-corrected chi connectivity index (χ1v) is 5.41. The quantitative estimate of drug-likeness (QED) is 0.804. The van der Waals surface area contributed by atoms with Crippen molar-refractivity contribution in [3.63, 3.8) is 0 Å². The van der Waals surface area contributed by atoms with Crippen molar-refractivity contribution in [2.45, 2.75) is 18.8 Å². The molecule has 0 aromatic carbocycles. The van der Waals surface area contributed by atoms with Gasteiger partial charge in [-0.15, -0.1) is 0 Å². The first-order chi connectivity index (χ1) is 8.08. The molecular weight excluding hydrogens is 222 g/mol. The normalized spacial score (nSPS) is 15.4. The second-order valence-corrected chi connectivity index (χ2v) is 4.37. The molecule has 0 bridgehead atoms. The highest BCUT2D eigenvalue weighted by Crippen LogP contribution is 2.39. The summed E-state index contributed by atoms with van der Waals surface area (Å²) in [4.78, 5) is 27.2. The average molecular weight is 233 g/mol. The minimum atomic E-state index is -1.09. The summed E-state index contributed by atoms with van der Waals surface area (Å²) in [5.74, 6) is -0.737. The minimum Gasteiger partial charge on any atom is -0.478 e. The number of aromatic carboxylic acids is 1. The summed E-state index contributed by atoms with van der Waals surface area (Å²) in [7, 11) is 1.65. The third-order valence-electron chi connectivity index (χ3n) is 3.06. The molecule has 2 aromatic rings. The number of rotatable bonds is 2. The largest absolute Gasteiger partial charge is 0.478 e. The molecule has 3 rings (SSSR count). The van der Waals surface area contributed by atoms with Gasteiger partial charge in [-0.05, 0) is 18.9 Å². The highest BCUT2D eigenvalue weighted by Gasteiger charge is 2.28. The van der Waals surface area contributed by atoms with Crippen molar-refractivity contribution in [1.29, 1.82) is 0 Å². The number of H-pyrrole nitrogens is 1. The van der Waals surface area contributed by atoms with Crippen LogP contribution in [0.4, 0.5) is 0 Å². The van der Waals surface area contributed by atoms with E-state index in [1.165, 1.54) is 10.7 Å². The van der Waals surface area contributed by atoms with Crippen LogP contribution in [0.5, 0.6) is 0 Å². The molecule has 0 unspecified atom stereocenters. The molecule has 1 aliphatic rings. The Morgan fingerprint density at radius 2 is 2.29 bits per heavy atom. The van der Waals surface area contributed by atoms with Gasteiger partial charge in [0.1, 0.15) is 0 Å². The molecule has 2 N–H and O–H groups in total. The van der Waals surface area contributed by atoms with E-state index in [0.717, 1.165) is 18.5 Å². The van der Waals surface area contributed by atoms with E-state index < -0.39 is 11.5 Å². The van der Waals surface area contributed by atoms with E-state index in [1.54, 1.807) is 7.05 Å². The molecule has 0 spiro atoms. The van der Waals surface area contributed by atoms with Crippen molar-refractivity contribution in [3.05, 3.63) is 27.7 Å². The van der Waals surface area contributed by atoms with Crippen LogP contribution in [-0.2, 0) is 7.05 Å². The van der Waals surface area contributed by atoms with E-state index in [1.807, 2.05) is 0 Å². The number of carboxylic acid groups (broad SMARTS) is 1. The van der Waals surface area contributed by atoms with Crippen LogP contribution in [0.2, 0.25) is 0 Å². The molecule has 1 aliphatic carbocycles. The molecule has 0 radical (unpaired) electrons. The monoisotopic (exact) mass is 233 g/mol. The van der Waals surface area contributed by atoms with Gasteiger partial charge in [0.25, 0.3) is 5.56 Å². The number of nitrogens with one attached hydrogen (secondary N) is 1. The molecule has 0 aliphatic heterocycles. The lowest BCUT2D eigenvalue weighted by atomic mass is 10.1. The third kappa shape index (κ3) is 1.44. The van der Waals surface area contributed by atoms with Gasteiger partial charge < -0.3 is 5.11 Å². The van der Waals surface area contributed by atoms with E-state index in [9.17, 15) is 9.59 Å². The maximum atomic E-state index is 11.6. The lowest BCUT2D eigenvalue weighted by Crippen LogP contribution is -2.07. The fraction of sp³-hybridized carbons (Fsp3) is 0.364. The van der Waals surface area contributed by atoms with Crippen molar-refractivity contribution < 1.29 is 9.90 Å². The van der Waals surface area contributed by atoms with Crippen LogP contribution in [-0.4, -0.2) is 25.8 Å². The van der Waals surface area contributed by atoms with Crippen molar-refractivity contribution in [2.75, 3.05) is 0 Å². The van der Waals surface area contributed by atoms with Crippen LogP contribution in [0.15, 0.2) is 10.9 Å². The smallest absolute Gasteiger partial charge is 0.336 e. The van der Waals surface area contributed by atoms with Crippen LogP contribution < -0.4 is 5.56 Å². The van der Waals surface area contributed by atoms with Gasteiger partial charge in [0.2, 0.25) is 0 Å². The Bertz CT molecular complexity index is 679. The summed E-state index contributed by atoms with van der Waals surface area (Å²) in [6.07, 6.45) is 2.08. The average Bonchev–Trinajstić information content (AvgIpc) is 3.07. The Labute approximate surface area is 95.9 Å². The summed E-state index contributed by atoms with van der Waals surface area (Å²) in [5.41, 5.74) is 0.815. The molecule has 6 nitrogen and oxygen atoms in total. The van der Waals surface area contributed by atoms with Gasteiger partial charge in [0, 0.05) is 18.7 Å². The van der Waals surface area contributed by atoms with Crippen LogP contribution in [0.25, 0.3) is 11.0 Å². The topological polar surface area (TPSA) is 88.0 Å². The SMILES string of the molecule is Cn1[nH]c(=O)c2c(C(=O)O)cc(C3CC3)nc21. The van der Waals surface area contributed by atoms with Crippen LogP contribution in [0, 0.1) is 0 Å². The Hall–Kier alpha value is -2.11. The first kappa shape index (κ1) is 10.1. The molecule has 0 saturated heterocycles. The number of hydrogen-bond donors (Lipinski definition) is 2. The molecule has 1 fully saturated rings. The van der Waals surface area contributed by atoms with Crippen molar-refractivity contribution in [1.82, 2.24) is 14.8 Å². The number of nitrogens with zero attached hydrogens (tertiary/aromatic N) is 2. The number of hydrogen-bond acceptors (Lipinski definition) is 3. The Balaban J connectivity index is 2.41. The Morgan fingerprint density at radius 3 is 2.88 bits per heavy atom. The van der Waals surface area contributed by atoms with Gasteiger partial charge in [-0.1, -0.05) is 0 Å². The van der Waals surface area contributed by atoms with Crippen LogP contribution >= 0.6 is 0 Å². The molecule has 17 heavy (non-hydrogen) atoms. The predicted octanol–water partition coefficient (Wildman–Crippen LogP) is 0.837. The number of carboxylic acids is 1. The van der Waals surface area contributed by atoms with E-state index in [0.29, 0.717) is 11.6 Å². The van der Waals surface area contributed by atoms with E-state index >= 15 is 0 Å². The van der Waals surface area contributed by atoms with Crippen molar-refractivity contribution in [3.8, 4) is 0 Å². The zero-order valence-electron chi connectivity index (χ0n) is 9.23. The molecule has 6 heteroatoms. The standard InChI is InChI=1S/C11H11N3O3/c1-14-9-8(10(15)13-14)6(11(16)17)4-7(12-9)5-2-3-5/h4-5H,2-3H2,1H3,(H,13,15)(H,16,17). The van der Waals surface area contributed by atoms with Crippen LogP contribution in [0.3, 0.4) is 0 Å². The molecule has 2 heterocycles. The Morgan fingerprint density at radius 1 is 1.59 bits per heavy atom. The van der Waals surface area contributed by atoms with Gasteiger partial charge in [-0.25, -0.2) is 9.78 Å². The maximum Gasteiger partial charge on any atom is 0.336 e. The number of aryl methyl sites for hydroxylation is 1. The zero-order chi connectivity index (χ0) is 12.2. The Kier molecular flexibility index (Phi) is 1.89. The number of aromatic nitrogens is 3. The van der Waals surface area contributed by atoms with Crippen molar-refractivity contribution in [2.24, 2.45) is 7.05 Å². The zero-order valence-corrected chi connectivity index (χ0v) is 9.23. The molecule has 2 aromatic heterocycles. The van der Waals surface area contributed by atoms with E-state index in [-0.39, 0.29) is 10.9 Å². The summed E-state index contributed by atoms with van der Waals surface area (Å²) in [5, 5.41) is 11.8. The van der Waals surface area contributed by atoms with Crippen LogP contribution in [0.1, 0.15) is 34.8 Å². The lowest BCUT2D eigenvalue weighted by molar-refractivity contribution is 0.0698. The summed E-state index contributed by atoms with van der Waals surface area (Å²) in [6.45, 7) is 0.